The molecule has 1 aromatic heterocycles. The molecule has 3 aliphatic heterocycles. The Kier molecular flexibility index (Phi) is 4.75. The Hall–Kier alpha value is -1.50. The third kappa shape index (κ3) is 2.96. The molecule has 4 rings (SSSR count). The van der Waals surface area contributed by atoms with Gasteiger partial charge in [-0.2, -0.15) is 0 Å². The molecule has 6 nitrogen and oxygen atoms in total. The number of piperidine rings is 1. The summed E-state index contributed by atoms with van der Waals surface area (Å²) in [6, 6.07) is 6.04. The van der Waals surface area contributed by atoms with Crippen molar-refractivity contribution in [3.63, 3.8) is 0 Å². The third-order valence-corrected chi connectivity index (χ3v) is 6.25. The monoisotopic (exact) mass is 345 g/mol. The van der Waals surface area contributed by atoms with Gasteiger partial charge in [-0.05, 0) is 37.8 Å². The first kappa shape index (κ1) is 16.9. The average Bonchev–Trinajstić information content (AvgIpc) is 2.69. The Bertz CT molecular complexity index is 595. The highest BCUT2D eigenvalue weighted by Gasteiger charge is 2.56. The van der Waals surface area contributed by atoms with Crippen molar-refractivity contribution in [3.8, 4) is 0 Å². The number of hydrogen-bond donors (Lipinski definition) is 0. The summed E-state index contributed by atoms with van der Waals surface area (Å²) in [4.78, 5) is 21.4. The van der Waals surface area contributed by atoms with Crippen LogP contribution in [0.25, 0.3) is 0 Å². The van der Waals surface area contributed by atoms with Crippen LogP contribution in [0.15, 0.2) is 24.4 Å². The Balaban J connectivity index is 1.38. The molecule has 25 heavy (non-hydrogen) atoms. The van der Waals surface area contributed by atoms with Crippen LogP contribution in [0.3, 0.4) is 0 Å². The fourth-order valence-electron chi connectivity index (χ4n) is 4.78. The van der Waals surface area contributed by atoms with Gasteiger partial charge in [-0.3, -0.25) is 14.7 Å². The van der Waals surface area contributed by atoms with Gasteiger partial charge < -0.3 is 14.4 Å². The first-order chi connectivity index (χ1) is 12.2. The van der Waals surface area contributed by atoms with Crippen LogP contribution in [0.5, 0.6) is 0 Å². The Morgan fingerprint density at radius 2 is 2.04 bits per heavy atom. The summed E-state index contributed by atoms with van der Waals surface area (Å²) < 4.78 is 11.3. The number of amides is 1. The fraction of sp³-hybridized carbons (Fsp3) is 0.684. The molecule has 136 valence electrons. The highest BCUT2D eigenvalue weighted by Crippen LogP contribution is 2.44. The van der Waals surface area contributed by atoms with Gasteiger partial charge in [0.25, 0.3) is 5.91 Å². The lowest BCUT2D eigenvalue weighted by molar-refractivity contribution is -0.207. The molecular formula is C19H27N3O3. The average molecular weight is 345 g/mol. The molecule has 0 aliphatic carbocycles. The number of pyridine rings is 1. The second-order valence-corrected chi connectivity index (χ2v) is 7.33. The van der Waals surface area contributed by atoms with Crippen molar-refractivity contribution in [3.05, 3.63) is 30.1 Å². The standard InChI is InChI=1S/C19H27N3O3/c1-24-17-14-22(19(17)7-12-25-13-8-19)15-5-10-21(11-6-15)18(23)16-4-2-3-9-20-16/h2-4,9,15,17H,5-8,10-14H2,1H3. The van der Waals surface area contributed by atoms with E-state index in [9.17, 15) is 4.79 Å². The van der Waals surface area contributed by atoms with Crippen molar-refractivity contribution in [2.45, 2.75) is 43.4 Å². The quantitative estimate of drug-likeness (QED) is 0.832. The topological polar surface area (TPSA) is 54.9 Å². The molecule has 0 radical (unpaired) electrons. The highest BCUT2D eigenvalue weighted by molar-refractivity contribution is 5.92. The maximum absolute atomic E-state index is 12.6. The smallest absolute Gasteiger partial charge is 0.272 e. The molecule has 4 heterocycles. The van der Waals surface area contributed by atoms with E-state index in [1.54, 1.807) is 12.3 Å². The van der Waals surface area contributed by atoms with Crippen LogP contribution in [0.1, 0.15) is 36.2 Å². The summed E-state index contributed by atoms with van der Waals surface area (Å²) >= 11 is 0. The van der Waals surface area contributed by atoms with Gasteiger partial charge in [0, 0.05) is 52.2 Å². The van der Waals surface area contributed by atoms with E-state index in [4.69, 9.17) is 9.47 Å². The molecule has 0 aromatic carbocycles. The summed E-state index contributed by atoms with van der Waals surface area (Å²) in [5.41, 5.74) is 0.704. The molecule has 1 amide bonds. The number of nitrogens with zero attached hydrogens (tertiary/aromatic N) is 3. The zero-order valence-electron chi connectivity index (χ0n) is 14.9. The van der Waals surface area contributed by atoms with Crippen LogP contribution < -0.4 is 0 Å². The molecule has 6 heteroatoms. The van der Waals surface area contributed by atoms with E-state index in [1.165, 1.54) is 0 Å². The van der Waals surface area contributed by atoms with E-state index >= 15 is 0 Å². The number of aromatic nitrogens is 1. The number of likely N-dealkylation sites (tertiary alicyclic amines) is 2. The Morgan fingerprint density at radius 1 is 1.28 bits per heavy atom. The van der Waals surface area contributed by atoms with E-state index in [0.717, 1.165) is 58.5 Å². The van der Waals surface area contributed by atoms with E-state index in [1.807, 2.05) is 24.1 Å². The Morgan fingerprint density at radius 3 is 2.68 bits per heavy atom. The molecule has 0 saturated carbocycles. The lowest BCUT2D eigenvalue weighted by Gasteiger charge is -2.63. The maximum Gasteiger partial charge on any atom is 0.272 e. The number of hydrogen-bond acceptors (Lipinski definition) is 5. The van der Waals surface area contributed by atoms with Crippen LogP contribution in [0.4, 0.5) is 0 Å². The molecule has 0 N–H and O–H groups in total. The zero-order chi connectivity index (χ0) is 17.3. The zero-order valence-corrected chi connectivity index (χ0v) is 14.9. The van der Waals surface area contributed by atoms with Gasteiger partial charge in [0.2, 0.25) is 0 Å². The van der Waals surface area contributed by atoms with Crippen molar-refractivity contribution < 1.29 is 14.3 Å². The SMILES string of the molecule is COC1CN(C2CCN(C(=O)c3ccccn3)CC2)C12CCOCC2. The molecule has 0 bridgehead atoms. The number of carbonyl (C=O) groups excluding carboxylic acids is 1. The predicted molar refractivity (Wildman–Crippen MR) is 93.4 cm³/mol. The number of methoxy groups -OCH3 is 1. The van der Waals surface area contributed by atoms with Gasteiger partial charge in [0.05, 0.1) is 11.6 Å². The first-order valence-electron chi connectivity index (χ1n) is 9.32. The lowest BCUT2D eigenvalue weighted by Crippen LogP contribution is -2.75. The van der Waals surface area contributed by atoms with Gasteiger partial charge >= 0.3 is 0 Å². The number of carbonyl (C=O) groups is 1. The maximum atomic E-state index is 12.6. The van der Waals surface area contributed by atoms with Crippen LogP contribution in [0.2, 0.25) is 0 Å². The Labute approximate surface area is 149 Å². The van der Waals surface area contributed by atoms with Crippen LogP contribution in [-0.4, -0.2) is 78.3 Å². The van der Waals surface area contributed by atoms with E-state index in [0.29, 0.717) is 17.8 Å². The molecule has 1 aromatic rings. The van der Waals surface area contributed by atoms with Crippen molar-refractivity contribution in [2.24, 2.45) is 0 Å². The van der Waals surface area contributed by atoms with E-state index < -0.39 is 0 Å². The third-order valence-electron chi connectivity index (χ3n) is 6.25. The van der Waals surface area contributed by atoms with Gasteiger partial charge in [-0.15, -0.1) is 0 Å². The molecular weight excluding hydrogens is 318 g/mol. The summed E-state index contributed by atoms with van der Waals surface area (Å²) in [7, 11) is 1.83. The minimum Gasteiger partial charge on any atom is -0.381 e. The van der Waals surface area contributed by atoms with Crippen LogP contribution in [0, 0.1) is 0 Å². The highest BCUT2D eigenvalue weighted by atomic mass is 16.5. The van der Waals surface area contributed by atoms with Crippen LogP contribution >= 0.6 is 0 Å². The summed E-state index contributed by atoms with van der Waals surface area (Å²) in [6.07, 6.45) is 6.16. The normalized spacial score (nSPS) is 27.2. The lowest BCUT2D eigenvalue weighted by atomic mass is 9.73. The van der Waals surface area contributed by atoms with Gasteiger partial charge in [-0.1, -0.05) is 6.07 Å². The summed E-state index contributed by atoms with van der Waals surface area (Å²) in [5, 5.41) is 0. The summed E-state index contributed by atoms with van der Waals surface area (Å²) in [6.45, 7) is 4.28. The van der Waals surface area contributed by atoms with Crippen LogP contribution in [-0.2, 0) is 9.47 Å². The van der Waals surface area contributed by atoms with Crippen molar-refractivity contribution in [1.82, 2.24) is 14.8 Å². The van der Waals surface area contributed by atoms with Gasteiger partial charge in [0.1, 0.15) is 5.69 Å². The minimum atomic E-state index is 0.0539. The summed E-state index contributed by atoms with van der Waals surface area (Å²) in [5.74, 6) is 0.0539. The fourth-order valence-corrected chi connectivity index (χ4v) is 4.78. The number of ether oxygens (including phenoxy) is 2. The second-order valence-electron chi connectivity index (χ2n) is 7.33. The van der Waals surface area contributed by atoms with Gasteiger partial charge in [-0.25, -0.2) is 0 Å². The predicted octanol–water partition coefficient (Wildman–Crippen LogP) is 1.57. The molecule has 1 spiro atoms. The molecule has 1 atom stereocenters. The minimum absolute atomic E-state index is 0.0539. The molecule has 1 unspecified atom stereocenters. The van der Waals surface area contributed by atoms with Crippen molar-refractivity contribution >= 4 is 5.91 Å². The van der Waals surface area contributed by atoms with E-state index in [-0.39, 0.29) is 11.4 Å². The van der Waals surface area contributed by atoms with Crippen molar-refractivity contribution in [1.29, 1.82) is 0 Å². The largest absolute Gasteiger partial charge is 0.381 e. The molecule has 3 saturated heterocycles. The molecule has 3 aliphatic rings. The first-order valence-corrected chi connectivity index (χ1v) is 9.32. The van der Waals surface area contributed by atoms with E-state index in [2.05, 4.69) is 9.88 Å². The number of rotatable bonds is 3. The van der Waals surface area contributed by atoms with Gasteiger partial charge in [0.15, 0.2) is 0 Å². The molecule has 3 fully saturated rings. The second kappa shape index (κ2) is 7.02. The van der Waals surface area contributed by atoms with Crippen molar-refractivity contribution in [2.75, 3.05) is 40.0 Å².